The molecule has 0 bridgehead atoms. The van der Waals surface area contributed by atoms with Gasteiger partial charge in [-0.25, -0.2) is 0 Å². The van der Waals surface area contributed by atoms with Gasteiger partial charge in [-0.05, 0) is 45.1 Å². The Labute approximate surface area is 181 Å². The molecule has 1 aliphatic heterocycles. The minimum atomic E-state index is -0.552. The minimum absolute atomic E-state index is 0.171. The van der Waals surface area contributed by atoms with Crippen molar-refractivity contribution < 1.29 is 5.11 Å². The molecule has 1 aliphatic rings. The van der Waals surface area contributed by atoms with Gasteiger partial charge in [0, 0.05) is 36.5 Å². The summed E-state index contributed by atoms with van der Waals surface area (Å²) in [4.78, 5) is 2.30. The summed E-state index contributed by atoms with van der Waals surface area (Å²) >= 11 is 0. The van der Waals surface area contributed by atoms with Gasteiger partial charge in [-0.2, -0.15) is 0 Å². The summed E-state index contributed by atoms with van der Waals surface area (Å²) in [5, 5.41) is 19.9. The summed E-state index contributed by atoms with van der Waals surface area (Å²) in [6.07, 6.45) is 2.03. The first-order chi connectivity index (χ1) is 14.2. The fourth-order valence-electron chi connectivity index (χ4n) is 5.12. The lowest BCUT2D eigenvalue weighted by atomic mass is 9.99. The van der Waals surface area contributed by atoms with Crippen molar-refractivity contribution >= 4 is 0 Å². The van der Waals surface area contributed by atoms with Gasteiger partial charge in [0.05, 0.1) is 0 Å². The summed E-state index contributed by atoms with van der Waals surface area (Å²) in [6.45, 7) is 13.1. The molecule has 0 spiro atoms. The maximum Gasteiger partial charge on any atom is 0.135 e. The van der Waals surface area contributed by atoms with Crippen molar-refractivity contribution in [3.05, 3.63) is 47.5 Å². The Hall–Kier alpha value is -1.76. The van der Waals surface area contributed by atoms with Crippen LogP contribution in [0.15, 0.2) is 30.3 Å². The molecule has 0 saturated carbocycles. The summed E-state index contributed by atoms with van der Waals surface area (Å²) in [6, 6.07) is 10.8. The maximum absolute atomic E-state index is 11.2. The topological polar surface area (TPSA) is 80.2 Å². The van der Waals surface area contributed by atoms with Crippen molar-refractivity contribution in [3.63, 3.8) is 0 Å². The summed E-state index contributed by atoms with van der Waals surface area (Å²) in [7, 11) is 0. The van der Waals surface area contributed by atoms with Crippen LogP contribution in [0.5, 0.6) is 0 Å². The SMILES string of the molecule is Cc1nnc(C(C)C)n1C(C)CC1CC(C)C(C)N1C(O)CC(N)c1ccccc1. The predicted octanol–water partition coefficient (Wildman–Crippen LogP) is 4.17. The molecular weight excluding hydrogens is 374 g/mol. The normalized spacial score (nSPS) is 25.6. The Morgan fingerprint density at radius 2 is 1.80 bits per heavy atom. The molecule has 3 N–H and O–H groups in total. The maximum atomic E-state index is 11.2. The summed E-state index contributed by atoms with van der Waals surface area (Å²) < 4.78 is 2.28. The van der Waals surface area contributed by atoms with E-state index >= 15 is 0 Å². The van der Waals surface area contributed by atoms with Gasteiger partial charge < -0.3 is 15.4 Å². The number of aromatic nitrogens is 3. The molecule has 1 aromatic heterocycles. The Kier molecular flexibility index (Phi) is 7.32. The fraction of sp³-hybridized carbons (Fsp3) is 0.667. The molecule has 1 fully saturated rings. The monoisotopic (exact) mass is 413 g/mol. The number of benzene rings is 1. The van der Waals surface area contributed by atoms with Crippen molar-refractivity contribution in [2.45, 2.75) is 97.1 Å². The van der Waals surface area contributed by atoms with Crippen molar-refractivity contribution in [3.8, 4) is 0 Å². The van der Waals surface area contributed by atoms with Gasteiger partial charge in [0.2, 0.25) is 0 Å². The van der Waals surface area contributed by atoms with Gasteiger partial charge in [-0.15, -0.1) is 10.2 Å². The number of hydrogen-bond acceptors (Lipinski definition) is 5. The number of aliphatic hydroxyl groups is 1. The lowest BCUT2D eigenvalue weighted by Crippen LogP contribution is -2.45. The molecule has 2 aromatic rings. The zero-order valence-electron chi connectivity index (χ0n) is 19.4. The van der Waals surface area contributed by atoms with Crippen LogP contribution in [-0.2, 0) is 0 Å². The van der Waals surface area contributed by atoms with E-state index in [9.17, 15) is 5.11 Å². The second-order valence-corrected chi connectivity index (χ2v) is 9.50. The van der Waals surface area contributed by atoms with Crippen molar-refractivity contribution in [2.24, 2.45) is 11.7 Å². The third-order valence-electron chi connectivity index (χ3n) is 6.86. The van der Waals surface area contributed by atoms with E-state index in [-0.39, 0.29) is 12.1 Å². The highest BCUT2D eigenvalue weighted by atomic mass is 16.3. The first kappa shape index (κ1) is 22.9. The number of nitrogens with zero attached hydrogens (tertiary/aromatic N) is 4. The molecule has 1 saturated heterocycles. The Morgan fingerprint density at radius 3 is 2.43 bits per heavy atom. The lowest BCUT2D eigenvalue weighted by Gasteiger charge is -2.36. The number of nitrogens with two attached hydrogens (primary N) is 1. The van der Waals surface area contributed by atoms with Gasteiger partial charge in [0.1, 0.15) is 17.9 Å². The largest absolute Gasteiger partial charge is 0.378 e. The van der Waals surface area contributed by atoms with Crippen molar-refractivity contribution in [1.82, 2.24) is 19.7 Å². The molecule has 30 heavy (non-hydrogen) atoms. The molecule has 0 amide bonds. The number of rotatable bonds is 8. The van der Waals surface area contributed by atoms with E-state index in [0.29, 0.717) is 30.3 Å². The lowest BCUT2D eigenvalue weighted by molar-refractivity contribution is -0.0418. The molecule has 6 unspecified atom stereocenters. The van der Waals surface area contributed by atoms with E-state index in [1.54, 1.807) is 0 Å². The van der Waals surface area contributed by atoms with Gasteiger partial charge in [0.25, 0.3) is 0 Å². The quantitative estimate of drug-likeness (QED) is 0.679. The van der Waals surface area contributed by atoms with Gasteiger partial charge in [-0.3, -0.25) is 4.90 Å². The van der Waals surface area contributed by atoms with Crippen molar-refractivity contribution in [2.75, 3.05) is 0 Å². The standard InChI is InChI=1S/C24H39N5O/c1-15(2)24-27-26-19(6)28(24)17(4)13-21-12-16(3)18(5)29(21)23(30)14-22(25)20-10-8-7-9-11-20/h7-11,15-18,21-23,30H,12-14,25H2,1-6H3. The molecule has 6 nitrogen and oxygen atoms in total. The highest BCUT2D eigenvalue weighted by Crippen LogP contribution is 2.37. The number of hydrogen-bond donors (Lipinski definition) is 2. The van der Waals surface area contributed by atoms with Crippen LogP contribution >= 0.6 is 0 Å². The van der Waals surface area contributed by atoms with E-state index < -0.39 is 6.23 Å². The molecule has 2 heterocycles. The smallest absolute Gasteiger partial charge is 0.135 e. The second-order valence-electron chi connectivity index (χ2n) is 9.50. The van der Waals surface area contributed by atoms with Crippen LogP contribution in [0.1, 0.15) is 89.1 Å². The number of aryl methyl sites for hydroxylation is 1. The first-order valence-corrected chi connectivity index (χ1v) is 11.4. The van der Waals surface area contributed by atoms with Gasteiger partial charge in [-0.1, -0.05) is 51.1 Å². The molecular formula is C24H39N5O. The average Bonchev–Trinajstić information content (AvgIpc) is 3.22. The van der Waals surface area contributed by atoms with E-state index in [1.165, 1.54) is 0 Å². The second kappa shape index (κ2) is 9.58. The first-order valence-electron chi connectivity index (χ1n) is 11.4. The molecule has 1 aromatic carbocycles. The summed E-state index contributed by atoms with van der Waals surface area (Å²) in [5.74, 6) is 2.87. The average molecular weight is 414 g/mol. The third kappa shape index (κ3) is 4.76. The Balaban J connectivity index is 1.74. The molecule has 6 atom stereocenters. The molecule has 6 heteroatoms. The highest BCUT2D eigenvalue weighted by Gasteiger charge is 2.41. The van der Waals surface area contributed by atoms with E-state index in [1.807, 2.05) is 37.3 Å². The number of likely N-dealkylation sites (tertiary alicyclic amines) is 1. The zero-order chi connectivity index (χ0) is 22.0. The van der Waals surface area contributed by atoms with E-state index in [4.69, 9.17) is 5.73 Å². The zero-order valence-corrected chi connectivity index (χ0v) is 19.4. The van der Waals surface area contributed by atoms with Crippen LogP contribution < -0.4 is 5.73 Å². The Morgan fingerprint density at radius 1 is 1.13 bits per heavy atom. The fourth-order valence-corrected chi connectivity index (χ4v) is 5.12. The van der Waals surface area contributed by atoms with Crippen LogP contribution in [0, 0.1) is 12.8 Å². The van der Waals surface area contributed by atoms with Crippen molar-refractivity contribution in [1.29, 1.82) is 0 Å². The van der Waals surface area contributed by atoms with Crippen LogP contribution in [0.4, 0.5) is 0 Å². The van der Waals surface area contributed by atoms with Gasteiger partial charge in [0.15, 0.2) is 0 Å². The van der Waals surface area contributed by atoms with Gasteiger partial charge >= 0.3 is 0 Å². The number of aliphatic hydroxyl groups excluding tert-OH is 1. The van der Waals surface area contributed by atoms with Crippen LogP contribution in [0.25, 0.3) is 0 Å². The molecule has 166 valence electrons. The third-order valence-corrected chi connectivity index (χ3v) is 6.86. The minimum Gasteiger partial charge on any atom is -0.378 e. The highest BCUT2D eigenvalue weighted by molar-refractivity contribution is 5.18. The Bertz CT molecular complexity index is 805. The molecule has 0 aliphatic carbocycles. The summed E-state index contributed by atoms with van der Waals surface area (Å²) in [5.41, 5.74) is 7.51. The predicted molar refractivity (Wildman–Crippen MR) is 121 cm³/mol. The van der Waals surface area contributed by atoms with Crippen LogP contribution in [-0.4, -0.2) is 43.1 Å². The van der Waals surface area contributed by atoms with Crippen LogP contribution in [0.2, 0.25) is 0 Å². The molecule has 3 rings (SSSR count). The van der Waals surface area contributed by atoms with E-state index in [0.717, 1.165) is 30.1 Å². The van der Waals surface area contributed by atoms with Crippen LogP contribution in [0.3, 0.4) is 0 Å². The molecule has 0 radical (unpaired) electrons. The van der Waals surface area contributed by atoms with E-state index in [2.05, 4.69) is 54.3 Å².